The lowest BCUT2D eigenvalue weighted by Gasteiger charge is -2.45. The molecular formula is C63H106N4O20S. The number of carbonyl (C=O) groups is 4. The molecule has 88 heavy (non-hydrogen) atoms. The maximum Gasteiger partial charge on any atom is 0.408 e. The highest BCUT2D eigenvalue weighted by atomic mass is 32.2. The van der Waals surface area contributed by atoms with E-state index in [1.165, 1.54) is 40.4 Å². The molecule has 0 saturated carbocycles. The van der Waals surface area contributed by atoms with Crippen molar-refractivity contribution in [1.29, 1.82) is 0 Å². The van der Waals surface area contributed by atoms with Gasteiger partial charge >= 0.3 is 18.0 Å². The van der Waals surface area contributed by atoms with Crippen LogP contribution in [0.1, 0.15) is 143 Å². The summed E-state index contributed by atoms with van der Waals surface area (Å²) in [6, 6.07) is 7.87. The normalized spacial score (nSPS) is 37.1. The third kappa shape index (κ3) is 19.5. The van der Waals surface area contributed by atoms with E-state index in [2.05, 4.69) is 40.9 Å². The van der Waals surface area contributed by atoms with Gasteiger partial charge in [0.05, 0.1) is 65.1 Å². The van der Waals surface area contributed by atoms with Gasteiger partial charge in [0, 0.05) is 76.4 Å². The second-order valence-electron chi connectivity index (χ2n) is 26.7. The zero-order chi connectivity index (χ0) is 65.9. The predicted molar refractivity (Wildman–Crippen MR) is 325 cm³/mol. The van der Waals surface area contributed by atoms with Gasteiger partial charge in [-0.05, 0) is 99.6 Å². The number of esters is 2. The molecule has 1 aromatic rings. The molecule has 4 aliphatic heterocycles. The average Bonchev–Trinajstić information content (AvgIpc) is 1.46. The molecule has 4 heterocycles. The number of ketones is 1. The van der Waals surface area contributed by atoms with Crippen molar-refractivity contribution in [3.05, 3.63) is 30.3 Å². The summed E-state index contributed by atoms with van der Waals surface area (Å²) < 4.78 is 100. The van der Waals surface area contributed by atoms with Gasteiger partial charge in [0.1, 0.15) is 43.7 Å². The van der Waals surface area contributed by atoms with Gasteiger partial charge < -0.3 is 72.5 Å². The maximum absolute atomic E-state index is 16.1. The Balaban J connectivity index is 1.72. The number of sulfonamides is 1. The van der Waals surface area contributed by atoms with E-state index >= 15 is 9.59 Å². The Morgan fingerprint density at radius 2 is 1.47 bits per heavy atom. The molecule has 0 aromatic heterocycles. The standard InChI is InChI=1S/C63H106N4O20S/c1-33(2)26-47(68)83-53-41(11)52(36(6)31-79-60-56(77-19)55(76-18)49(69)44(14)82-60)85-58(72)43(13)54(84-48-27-37(7)67(34(3)4)30-39(9)80-48)40(10)51(86-59-50(70)46(66-78-20)28-38(8)81-59)35(5)29-63(17,57(71)42(53)12)87-61(73)65-62(15,16)32-64-88(74,75)45-24-22-21-23-25-45/h21-25,33-44,48-56,59-60,64,69-70H,26-32H2,1-20H3,(H,65,73)/b66-46+/t35-,36-,37?,38+,39-,40+,41-,42+,43+,44+,48-,49+,50+,51-,52+,53+,54-,55+,56+,59-,60+,63-/m0/s1. The SMILES string of the molecule is CO/N=C1\C[C@@H](C)O[C@@H](O[C@@H]2[C@@H](C)[C@H](O[C@H]3CC(C)N(C(C)C)C[C@H](C)O3)[C@@H](C)C(=O)O[C@H]([C@@H](C)CO[C@@H]3O[C@H](C)[C@@H](O)[C@@H](OC)[C@H]3OC)[C@H](C)[C@@H](OC(=O)CC(C)C)[C@@H](C)C(=O)[C@@](C)(OC(=O)NC(C)(C)CNS(=O)(=O)c3ccccc3)C[C@@H]2C)[C@@H]1O. The first-order valence-corrected chi connectivity index (χ1v) is 32.7. The summed E-state index contributed by atoms with van der Waals surface area (Å²) in [5.74, 6) is -8.11. The molecule has 1 aromatic carbocycles. The number of benzene rings is 1. The van der Waals surface area contributed by atoms with Crippen LogP contribution in [0.25, 0.3) is 0 Å². The van der Waals surface area contributed by atoms with Crippen molar-refractivity contribution < 1.29 is 94.8 Å². The highest BCUT2D eigenvalue weighted by molar-refractivity contribution is 7.89. The van der Waals surface area contributed by atoms with Crippen LogP contribution in [-0.4, -0.2) is 203 Å². The molecule has 24 nitrogen and oxygen atoms in total. The van der Waals surface area contributed by atoms with Crippen LogP contribution in [0, 0.1) is 41.4 Å². The second kappa shape index (κ2) is 32.5. The zero-order valence-corrected chi connectivity index (χ0v) is 56.5. The molecule has 1 unspecified atom stereocenters. The Morgan fingerprint density at radius 3 is 2.07 bits per heavy atom. The molecule has 22 atom stereocenters. The number of aliphatic hydroxyl groups is 2. The number of ether oxygens (including phenoxy) is 11. The first-order valence-electron chi connectivity index (χ1n) is 31.2. The summed E-state index contributed by atoms with van der Waals surface area (Å²) in [5.41, 5.74) is -3.19. The van der Waals surface area contributed by atoms with Gasteiger partial charge in [-0.2, -0.15) is 0 Å². The highest BCUT2D eigenvalue weighted by Gasteiger charge is 2.53. The van der Waals surface area contributed by atoms with Crippen LogP contribution in [-0.2, 0) is 81.3 Å². The molecule has 0 spiro atoms. The largest absolute Gasteiger partial charge is 0.461 e. The molecule has 0 aliphatic carbocycles. The van der Waals surface area contributed by atoms with E-state index in [0.717, 1.165) is 0 Å². The number of oxime groups is 1. The topological polar surface area (TPSA) is 293 Å². The third-order valence-corrected chi connectivity index (χ3v) is 18.9. The Labute approximate surface area is 522 Å². The zero-order valence-electron chi connectivity index (χ0n) is 55.7. The van der Waals surface area contributed by atoms with E-state index in [9.17, 15) is 28.2 Å². The summed E-state index contributed by atoms with van der Waals surface area (Å²) in [7, 11) is 0.207. The van der Waals surface area contributed by atoms with Crippen molar-refractivity contribution in [2.75, 3.05) is 41.0 Å². The molecule has 4 fully saturated rings. The number of Topliss-reactive ketones (excluding diaryl/α,β-unsaturated/α-hetero) is 1. The number of methoxy groups -OCH3 is 2. The number of alkyl carbamates (subject to hydrolysis) is 1. The molecule has 0 bridgehead atoms. The van der Waals surface area contributed by atoms with Crippen molar-refractivity contribution in [1.82, 2.24) is 14.9 Å². The van der Waals surface area contributed by atoms with E-state index < -0.39 is 160 Å². The number of rotatable bonds is 21. The minimum Gasteiger partial charge on any atom is -0.461 e. The monoisotopic (exact) mass is 1270 g/mol. The van der Waals surface area contributed by atoms with Crippen molar-refractivity contribution >= 4 is 39.6 Å². The van der Waals surface area contributed by atoms with Gasteiger partial charge in [0.15, 0.2) is 30.3 Å². The number of amides is 1. The number of aliphatic hydroxyl groups excluding tert-OH is 2. The summed E-state index contributed by atoms with van der Waals surface area (Å²) >= 11 is 0. The van der Waals surface area contributed by atoms with E-state index in [4.69, 9.17) is 56.9 Å². The predicted octanol–water partition coefficient (Wildman–Crippen LogP) is 6.54. The van der Waals surface area contributed by atoms with Crippen LogP contribution in [0.2, 0.25) is 0 Å². The molecule has 4 N–H and O–H groups in total. The number of hydrogen-bond acceptors (Lipinski definition) is 22. The van der Waals surface area contributed by atoms with Crippen molar-refractivity contribution in [3.63, 3.8) is 0 Å². The van der Waals surface area contributed by atoms with Crippen LogP contribution < -0.4 is 10.0 Å². The lowest BCUT2D eigenvalue weighted by Crippen LogP contribution is -2.59. The number of nitrogens with zero attached hydrogens (tertiary/aromatic N) is 2. The van der Waals surface area contributed by atoms with Gasteiger partial charge in [-0.3, -0.25) is 19.3 Å². The summed E-state index contributed by atoms with van der Waals surface area (Å²) in [5, 5.41) is 29.8. The number of hydrogen-bond donors (Lipinski definition) is 4. The van der Waals surface area contributed by atoms with Gasteiger partial charge in [-0.15, -0.1) is 0 Å². The van der Waals surface area contributed by atoms with Crippen molar-refractivity contribution in [3.8, 4) is 0 Å². The quantitative estimate of drug-likeness (QED) is 0.0577. The van der Waals surface area contributed by atoms with Crippen LogP contribution in [0.4, 0.5) is 4.79 Å². The first-order chi connectivity index (χ1) is 41.1. The number of nitrogens with one attached hydrogen (secondary N) is 2. The van der Waals surface area contributed by atoms with Crippen LogP contribution >= 0.6 is 0 Å². The lowest BCUT2D eigenvalue weighted by molar-refractivity contribution is -0.305. The van der Waals surface area contributed by atoms with Crippen molar-refractivity contribution in [2.45, 2.75) is 258 Å². The Bertz CT molecular complexity index is 2550. The average molecular weight is 1270 g/mol. The third-order valence-electron chi connectivity index (χ3n) is 17.5. The molecule has 504 valence electrons. The maximum atomic E-state index is 16.1. The smallest absolute Gasteiger partial charge is 0.408 e. The van der Waals surface area contributed by atoms with Gasteiger partial charge in [-0.1, -0.05) is 71.8 Å². The highest BCUT2D eigenvalue weighted by Crippen LogP contribution is 2.41. The molecule has 1 amide bonds. The Morgan fingerprint density at radius 1 is 0.818 bits per heavy atom. The van der Waals surface area contributed by atoms with E-state index in [1.807, 2.05) is 27.7 Å². The molecule has 0 radical (unpaired) electrons. The number of carbonyl (C=O) groups excluding carboxylic acids is 4. The van der Waals surface area contributed by atoms with E-state index in [0.29, 0.717) is 13.0 Å². The first kappa shape index (κ1) is 74.8. The molecular weight excluding hydrogens is 1160 g/mol. The van der Waals surface area contributed by atoms with Crippen LogP contribution in [0.3, 0.4) is 0 Å². The number of cyclic esters (lactones) is 1. The fourth-order valence-corrected chi connectivity index (χ4v) is 14.1. The van der Waals surface area contributed by atoms with E-state index in [-0.39, 0.29) is 67.1 Å². The Hall–Kier alpha value is -3.96. The summed E-state index contributed by atoms with van der Waals surface area (Å²) in [4.78, 5) is 68.0. The van der Waals surface area contributed by atoms with Gasteiger partial charge in [0.25, 0.3) is 0 Å². The molecule has 25 heteroatoms. The lowest BCUT2D eigenvalue weighted by atomic mass is 9.74. The summed E-state index contributed by atoms with van der Waals surface area (Å²) in [6.45, 7) is 30.5. The fourth-order valence-electron chi connectivity index (χ4n) is 12.8. The van der Waals surface area contributed by atoms with E-state index in [1.54, 1.807) is 80.5 Å². The molecule has 4 saturated heterocycles. The second-order valence-corrected chi connectivity index (χ2v) is 28.4. The molecule has 5 rings (SSSR count). The van der Waals surface area contributed by atoms with Crippen LogP contribution in [0.5, 0.6) is 0 Å². The minimum absolute atomic E-state index is 0.0130. The fraction of sp³-hybridized carbons (Fsp3) is 0.825. The van der Waals surface area contributed by atoms with Gasteiger partial charge in [-0.25, -0.2) is 17.9 Å². The minimum atomic E-state index is -4.03. The molecule has 4 aliphatic rings. The summed E-state index contributed by atoms with van der Waals surface area (Å²) in [6.07, 6.45) is -14.7. The Kier molecular flexibility index (Phi) is 27.7. The van der Waals surface area contributed by atoms with Gasteiger partial charge in [0.2, 0.25) is 10.0 Å². The van der Waals surface area contributed by atoms with Crippen molar-refractivity contribution in [2.24, 2.45) is 46.6 Å². The van der Waals surface area contributed by atoms with Crippen LogP contribution in [0.15, 0.2) is 40.4 Å².